The molecular formula is C14H18N2O4. The molecule has 20 heavy (non-hydrogen) atoms. The third-order valence-electron chi connectivity index (χ3n) is 3.70. The summed E-state index contributed by atoms with van der Waals surface area (Å²) in [7, 11) is 0. The van der Waals surface area contributed by atoms with Crippen molar-refractivity contribution in [2.75, 3.05) is 6.61 Å². The summed E-state index contributed by atoms with van der Waals surface area (Å²) in [5.74, 6) is -0.496. The molecular weight excluding hydrogens is 260 g/mol. The molecule has 0 saturated carbocycles. The Hall–Kier alpha value is -1.47. The summed E-state index contributed by atoms with van der Waals surface area (Å²) in [5.41, 5.74) is 12.3. The van der Waals surface area contributed by atoms with E-state index in [-0.39, 0.29) is 18.2 Å². The Kier molecular flexibility index (Phi) is 3.71. The predicted octanol–water partition coefficient (Wildman–Crippen LogP) is 0.0707. The number of fused-ring (bicyclic) bond motifs is 1. The number of carbonyl (C=O) groups is 1. The molecule has 1 aromatic carbocycles. The molecule has 108 valence electrons. The minimum absolute atomic E-state index is 0.287. The van der Waals surface area contributed by atoms with Crippen molar-refractivity contribution in [1.29, 1.82) is 0 Å². The number of hydrogen-bond donors (Lipinski definition) is 2. The SMILES string of the molecule is NC(=O)C1CC(N)C2OC(c3ccccc3)OCC2O1. The van der Waals surface area contributed by atoms with E-state index in [4.69, 9.17) is 25.7 Å². The van der Waals surface area contributed by atoms with E-state index in [0.717, 1.165) is 5.56 Å². The molecule has 5 atom stereocenters. The number of carbonyl (C=O) groups excluding carboxylic acids is 1. The normalized spacial score (nSPS) is 37.1. The van der Waals surface area contributed by atoms with Crippen molar-refractivity contribution < 1.29 is 19.0 Å². The molecule has 2 aliphatic rings. The van der Waals surface area contributed by atoms with E-state index >= 15 is 0 Å². The van der Waals surface area contributed by atoms with Gasteiger partial charge in [-0.3, -0.25) is 4.79 Å². The van der Waals surface area contributed by atoms with Crippen LogP contribution in [0.3, 0.4) is 0 Å². The van der Waals surface area contributed by atoms with Crippen LogP contribution in [0.2, 0.25) is 0 Å². The molecule has 0 bridgehead atoms. The largest absolute Gasteiger partial charge is 0.367 e. The first-order valence-electron chi connectivity index (χ1n) is 6.67. The molecule has 6 heteroatoms. The van der Waals surface area contributed by atoms with E-state index in [9.17, 15) is 4.79 Å². The molecule has 1 amide bonds. The van der Waals surface area contributed by atoms with Crippen molar-refractivity contribution in [1.82, 2.24) is 0 Å². The zero-order valence-corrected chi connectivity index (χ0v) is 11.0. The van der Waals surface area contributed by atoms with Crippen molar-refractivity contribution in [2.24, 2.45) is 11.5 Å². The fourth-order valence-electron chi connectivity index (χ4n) is 2.66. The molecule has 6 nitrogen and oxygen atoms in total. The van der Waals surface area contributed by atoms with Crippen LogP contribution in [0, 0.1) is 0 Å². The number of ether oxygens (including phenoxy) is 3. The fourth-order valence-corrected chi connectivity index (χ4v) is 2.66. The van der Waals surface area contributed by atoms with Crippen LogP contribution in [0.25, 0.3) is 0 Å². The Labute approximate surface area is 117 Å². The van der Waals surface area contributed by atoms with Crippen molar-refractivity contribution in [3.05, 3.63) is 35.9 Å². The van der Waals surface area contributed by atoms with E-state index < -0.39 is 18.3 Å². The molecule has 3 rings (SSSR count). The summed E-state index contributed by atoms with van der Waals surface area (Å²) < 4.78 is 17.1. The first-order chi connectivity index (χ1) is 9.65. The van der Waals surface area contributed by atoms with Gasteiger partial charge in [0, 0.05) is 18.0 Å². The number of nitrogens with two attached hydrogens (primary N) is 2. The first-order valence-corrected chi connectivity index (χ1v) is 6.67. The van der Waals surface area contributed by atoms with Crippen LogP contribution in [0.15, 0.2) is 30.3 Å². The maximum absolute atomic E-state index is 11.2. The maximum atomic E-state index is 11.2. The fraction of sp³-hybridized carbons (Fsp3) is 0.500. The molecule has 0 radical (unpaired) electrons. The Morgan fingerprint density at radius 3 is 2.65 bits per heavy atom. The van der Waals surface area contributed by atoms with E-state index in [2.05, 4.69) is 0 Å². The highest BCUT2D eigenvalue weighted by Gasteiger charge is 2.44. The average molecular weight is 278 g/mol. The highest BCUT2D eigenvalue weighted by Crippen LogP contribution is 2.32. The van der Waals surface area contributed by atoms with Crippen LogP contribution >= 0.6 is 0 Å². The highest BCUT2D eigenvalue weighted by molar-refractivity contribution is 5.79. The van der Waals surface area contributed by atoms with Gasteiger partial charge in [0.25, 0.3) is 0 Å². The first kappa shape index (κ1) is 13.5. The predicted molar refractivity (Wildman–Crippen MR) is 70.5 cm³/mol. The third kappa shape index (κ3) is 2.55. The van der Waals surface area contributed by atoms with Crippen LogP contribution < -0.4 is 11.5 Å². The van der Waals surface area contributed by atoms with Crippen molar-refractivity contribution in [3.63, 3.8) is 0 Å². The number of benzene rings is 1. The molecule has 2 fully saturated rings. The van der Waals surface area contributed by atoms with Crippen LogP contribution in [0.5, 0.6) is 0 Å². The maximum Gasteiger partial charge on any atom is 0.246 e. The number of amides is 1. The number of primary amides is 1. The minimum atomic E-state index is -0.660. The molecule has 2 heterocycles. The quantitative estimate of drug-likeness (QED) is 0.798. The van der Waals surface area contributed by atoms with Crippen molar-refractivity contribution in [3.8, 4) is 0 Å². The lowest BCUT2D eigenvalue weighted by Gasteiger charge is -2.44. The van der Waals surface area contributed by atoms with Gasteiger partial charge in [0.15, 0.2) is 6.29 Å². The van der Waals surface area contributed by atoms with E-state index in [0.29, 0.717) is 13.0 Å². The van der Waals surface area contributed by atoms with Crippen molar-refractivity contribution in [2.45, 2.75) is 37.1 Å². The molecule has 1 aromatic rings. The molecule has 2 saturated heterocycles. The lowest BCUT2D eigenvalue weighted by molar-refractivity contribution is -0.289. The Morgan fingerprint density at radius 1 is 1.20 bits per heavy atom. The van der Waals surface area contributed by atoms with Gasteiger partial charge in [-0.1, -0.05) is 30.3 Å². The molecule has 2 aliphatic heterocycles. The number of hydrogen-bond acceptors (Lipinski definition) is 5. The minimum Gasteiger partial charge on any atom is -0.367 e. The van der Waals surface area contributed by atoms with Gasteiger partial charge in [-0.25, -0.2) is 0 Å². The van der Waals surface area contributed by atoms with E-state index in [1.807, 2.05) is 30.3 Å². The monoisotopic (exact) mass is 278 g/mol. The summed E-state index contributed by atoms with van der Waals surface area (Å²) in [5, 5.41) is 0. The van der Waals surface area contributed by atoms with Crippen LogP contribution in [-0.2, 0) is 19.0 Å². The molecule has 4 N–H and O–H groups in total. The van der Waals surface area contributed by atoms with Gasteiger partial charge < -0.3 is 25.7 Å². The van der Waals surface area contributed by atoms with Crippen LogP contribution in [-0.4, -0.2) is 36.9 Å². The van der Waals surface area contributed by atoms with Gasteiger partial charge in [-0.2, -0.15) is 0 Å². The second-order valence-electron chi connectivity index (χ2n) is 5.14. The van der Waals surface area contributed by atoms with E-state index in [1.165, 1.54) is 0 Å². The highest BCUT2D eigenvalue weighted by atomic mass is 16.7. The van der Waals surface area contributed by atoms with Crippen LogP contribution in [0.1, 0.15) is 18.3 Å². The summed E-state index contributed by atoms with van der Waals surface area (Å²) in [6.45, 7) is 0.335. The lowest BCUT2D eigenvalue weighted by Crippen LogP contribution is -2.59. The summed E-state index contributed by atoms with van der Waals surface area (Å²) in [6.07, 6.45) is -1.37. The zero-order chi connectivity index (χ0) is 14.1. The Bertz CT molecular complexity index is 481. The summed E-state index contributed by atoms with van der Waals surface area (Å²) >= 11 is 0. The van der Waals surface area contributed by atoms with Gasteiger partial charge in [0.1, 0.15) is 18.3 Å². The van der Waals surface area contributed by atoms with Gasteiger partial charge >= 0.3 is 0 Å². The molecule has 0 spiro atoms. The smallest absolute Gasteiger partial charge is 0.246 e. The lowest BCUT2D eigenvalue weighted by atomic mass is 9.95. The summed E-state index contributed by atoms with van der Waals surface area (Å²) in [6, 6.07) is 9.37. The summed E-state index contributed by atoms with van der Waals surface area (Å²) in [4.78, 5) is 11.2. The molecule has 0 aliphatic carbocycles. The topological polar surface area (TPSA) is 96.8 Å². The van der Waals surface area contributed by atoms with Crippen LogP contribution in [0.4, 0.5) is 0 Å². The van der Waals surface area contributed by atoms with E-state index in [1.54, 1.807) is 0 Å². The Balaban J connectivity index is 1.71. The second kappa shape index (κ2) is 5.49. The van der Waals surface area contributed by atoms with Crippen molar-refractivity contribution >= 4 is 5.91 Å². The number of rotatable bonds is 2. The Morgan fingerprint density at radius 2 is 1.95 bits per heavy atom. The van der Waals surface area contributed by atoms with Gasteiger partial charge in [0.2, 0.25) is 5.91 Å². The zero-order valence-electron chi connectivity index (χ0n) is 11.0. The second-order valence-corrected chi connectivity index (χ2v) is 5.14. The molecule has 5 unspecified atom stereocenters. The molecule has 0 aromatic heterocycles. The van der Waals surface area contributed by atoms with Gasteiger partial charge in [-0.05, 0) is 0 Å². The third-order valence-corrected chi connectivity index (χ3v) is 3.70. The standard InChI is InChI=1S/C14H18N2O4/c15-9-6-10(13(16)17)19-11-7-18-14(20-12(9)11)8-4-2-1-3-5-8/h1-5,9-12,14H,6-7,15H2,(H2,16,17). The van der Waals surface area contributed by atoms with Gasteiger partial charge in [0.05, 0.1) is 6.61 Å². The van der Waals surface area contributed by atoms with Gasteiger partial charge in [-0.15, -0.1) is 0 Å². The average Bonchev–Trinajstić information content (AvgIpc) is 2.47.